The Morgan fingerprint density at radius 3 is 2.72 bits per heavy atom. The maximum Gasteiger partial charge on any atom is 0.379 e. The minimum atomic E-state index is -0.623. The van der Waals surface area contributed by atoms with Gasteiger partial charge in [-0.1, -0.05) is 0 Å². The first-order valence-electron chi connectivity index (χ1n) is 4.81. The number of aldehydes is 1. The Morgan fingerprint density at radius 2 is 2.11 bits per heavy atom. The largest absolute Gasteiger partial charge is 0.457 e. The van der Waals surface area contributed by atoms with Crippen LogP contribution in [0.15, 0.2) is 34.9 Å². The summed E-state index contributed by atoms with van der Waals surface area (Å²) in [7, 11) is 0. The number of hydrogen-bond donors (Lipinski definition) is 0. The van der Waals surface area contributed by atoms with Gasteiger partial charge in [0.15, 0.2) is 12.0 Å². The third kappa shape index (κ3) is 2.91. The zero-order chi connectivity index (χ0) is 13.1. The highest BCUT2D eigenvalue weighted by atomic mass is 127. The van der Waals surface area contributed by atoms with Gasteiger partial charge in [0.2, 0.25) is 5.76 Å². The van der Waals surface area contributed by atoms with Gasteiger partial charge in [-0.15, -0.1) is 0 Å². The highest BCUT2D eigenvalue weighted by Crippen LogP contribution is 2.28. The van der Waals surface area contributed by atoms with Crippen molar-refractivity contribution in [3.63, 3.8) is 0 Å². The second kappa shape index (κ2) is 5.83. The van der Waals surface area contributed by atoms with E-state index in [1.54, 1.807) is 12.1 Å². The lowest BCUT2D eigenvalue weighted by Gasteiger charge is -2.08. The van der Waals surface area contributed by atoms with Crippen molar-refractivity contribution in [2.75, 3.05) is 0 Å². The van der Waals surface area contributed by atoms with Crippen molar-refractivity contribution >= 4 is 57.4 Å². The number of ether oxygens (including phenoxy) is 1. The Hall–Kier alpha value is -0.900. The van der Waals surface area contributed by atoms with E-state index in [-0.39, 0.29) is 11.5 Å². The maximum atomic E-state index is 11.7. The van der Waals surface area contributed by atoms with Crippen LogP contribution in [0, 0.1) is 7.14 Å². The standard InChI is InChI=1S/C12H6I2O4/c13-8-4-7(6-15)11(9(14)5-8)18-12(16)10-2-1-3-17-10/h1-6H. The maximum absolute atomic E-state index is 11.7. The molecular formula is C12H6I2O4. The van der Waals surface area contributed by atoms with Crippen LogP contribution in [0.4, 0.5) is 0 Å². The van der Waals surface area contributed by atoms with Crippen LogP contribution in [0.25, 0.3) is 0 Å². The molecular weight excluding hydrogens is 462 g/mol. The van der Waals surface area contributed by atoms with Gasteiger partial charge in [0.05, 0.1) is 15.4 Å². The molecule has 0 aliphatic heterocycles. The number of halogens is 2. The van der Waals surface area contributed by atoms with Crippen LogP contribution < -0.4 is 4.74 Å². The summed E-state index contributed by atoms with van der Waals surface area (Å²) in [5.41, 5.74) is 0.339. The van der Waals surface area contributed by atoms with Gasteiger partial charge >= 0.3 is 5.97 Å². The molecule has 0 aliphatic carbocycles. The van der Waals surface area contributed by atoms with Gasteiger partial charge < -0.3 is 9.15 Å². The molecule has 1 aromatic carbocycles. The van der Waals surface area contributed by atoms with Gasteiger partial charge in [-0.2, -0.15) is 0 Å². The molecule has 2 aromatic rings. The molecule has 0 aliphatic rings. The molecule has 0 radical (unpaired) electrons. The molecule has 0 unspecified atom stereocenters. The number of benzene rings is 1. The van der Waals surface area contributed by atoms with E-state index in [1.807, 2.05) is 28.7 Å². The fourth-order valence-electron chi connectivity index (χ4n) is 1.31. The smallest absolute Gasteiger partial charge is 0.379 e. The molecule has 0 N–H and O–H groups in total. The highest BCUT2D eigenvalue weighted by Gasteiger charge is 2.17. The Bertz CT molecular complexity index is 590. The number of carbonyl (C=O) groups excluding carboxylic acids is 2. The van der Waals surface area contributed by atoms with E-state index in [9.17, 15) is 9.59 Å². The van der Waals surface area contributed by atoms with Crippen LogP contribution in [0.2, 0.25) is 0 Å². The second-order valence-electron chi connectivity index (χ2n) is 3.29. The van der Waals surface area contributed by atoms with Gasteiger partial charge in [0, 0.05) is 3.57 Å². The van der Waals surface area contributed by atoms with E-state index in [4.69, 9.17) is 9.15 Å². The quantitative estimate of drug-likeness (QED) is 0.300. The predicted octanol–water partition coefficient (Wildman–Crippen LogP) is 3.52. The lowest BCUT2D eigenvalue weighted by molar-refractivity contribution is 0.0699. The van der Waals surface area contributed by atoms with Gasteiger partial charge in [0.25, 0.3) is 0 Å². The first-order valence-corrected chi connectivity index (χ1v) is 6.97. The van der Waals surface area contributed by atoms with Crippen molar-refractivity contribution in [1.29, 1.82) is 0 Å². The molecule has 18 heavy (non-hydrogen) atoms. The average Bonchev–Trinajstić information content (AvgIpc) is 2.85. The van der Waals surface area contributed by atoms with E-state index in [2.05, 4.69) is 22.6 Å². The van der Waals surface area contributed by atoms with Crippen molar-refractivity contribution in [2.45, 2.75) is 0 Å². The summed E-state index contributed by atoms with van der Waals surface area (Å²) in [6.45, 7) is 0. The molecule has 0 atom stereocenters. The highest BCUT2D eigenvalue weighted by molar-refractivity contribution is 14.1. The summed E-state index contributed by atoms with van der Waals surface area (Å²) < 4.78 is 11.7. The molecule has 92 valence electrons. The molecule has 1 aromatic heterocycles. The minimum absolute atomic E-state index is 0.0983. The fourth-order valence-corrected chi connectivity index (χ4v) is 3.31. The van der Waals surface area contributed by atoms with E-state index in [0.717, 1.165) is 3.57 Å². The van der Waals surface area contributed by atoms with Gasteiger partial charge in [-0.25, -0.2) is 4.79 Å². The van der Waals surface area contributed by atoms with Crippen molar-refractivity contribution in [2.24, 2.45) is 0 Å². The van der Waals surface area contributed by atoms with Gasteiger partial charge in [-0.3, -0.25) is 4.79 Å². The molecule has 0 spiro atoms. The Kier molecular flexibility index (Phi) is 4.38. The first kappa shape index (κ1) is 13.5. The molecule has 2 rings (SSSR count). The zero-order valence-electron chi connectivity index (χ0n) is 8.85. The topological polar surface area (TPSA) is 56.5 Å². The SMILES string of the molecule is O=Cc1cc(I)cc(I)c1OC(=O)c1ccco1. The van der Waals surface area contributed by atoms with E-state index in [0.29, 0.717) is 15.4 Å². The number of carbonyl (C=O) groups is 2. The van der Waals surface area contributed by atoms with Crippen LogP contribution in [-0.4, -0.2) is 12.3 Å². The number of hydrogen-bond acceptors (Lipinski definition) is 4. The molecule has 0 saturated heterocycles. The third-order valence-electron chi connectivity index (χ3n) is 2.08. The minimum Gasteiger partial charge on any atom is -0.457 e. The summed E-state index contributed by atoms with van der Waals surface area (Å²) >= 11 is 4.11. The van der Waals surface area contributed by atoms with Gasteiger partial charge in [-0.05, 0) is 69.4 Å². The van der Waals surface area contributed by atoms with E-state index < -0.39 is 5.97 Å². The van der Waals surface area contributed by atoms with Crippen molar-refractivity contribution < 1.29 is 18.7 Å². The van der Waals surface area contributed by atoms with Crippen molar-refractivity contribution in [1.82, 2.24) is 0 Å². The summed E-state index contributed by atoms with van der Waals surface area (Å²) in [5.74, 6) is -0.268. The number of furan rings is 1. The van der Waals surface area contributed by atoms with Crippen LogP contribution in [0.5, 0.6) is 5.75 Å². The summed E-state index contributed by atoms with van der Waals surface area (Å²) in [6.07, 6.45) is 2.05. The predicted molar refractivity (Wildman–Crippen MR) is 80.9 cm³/mol. The number of esters is 1. The molecule has 0 fully saturated rings. The summed E-state index contributed by atoms with van der Waals surface area (Å²) in [5, 5.41) is 0. The zero-order valence-corrected chi connectivity index (χ0v) is 13.2. The van der Waals surface area contributed by atoms with Gasteiger partial charge in [0.1, 0.15) is 0 Å². The average molecular weight is 468 g/mol. The lowest BCUT2D eigenvalue weighted by atomic mass is 10.2. The normalized spacial score (nSPS) is 10.1. The number of rotatable bonds is 3. The molecule has 4 nitrogen and oxygen atoms in total. The summed E-state index contributed by atoms with van der Waals surface area (Å²) in [4.78, 5) is 22.7. The molecule has 6 heteroatoms. The Morgan fingerprint density at radius 1 is 1.33 bits per heavy atom. The van der Waals surface area contributed by atoms with E-state index in [1.165, 1.54) is 12.3 Å². The monoisotopic (exact) mass is 468 g/mol. The molecule has 0 saturated carbocycles. The van der Waals surface area contributed by atoms with Crippen LogP contribution in [0.1, 0.15) is 20.9 Å². The summed E-state index contributed by atoms with van der Waals surface area (Å²) in [6, 6.07) is 6.57. The molecule has 1 heterocycles. The lowest BCUT2D eigenvalue weighted by Crippen LogP contribution is -2.10. The van der Waals surface area contributed by atoms with Crippen molar-refractivity contribution in [3.05, 3.63) is 49.0 Å². The Balaban J connectivity index is 2.34. The fraction of sp³-hybridized carbons (Fsp3) is 0. The second-order valence-corrected chi connectivity index (χ2v) is 5.70. The third-order valence-corrected chi connectivity index (χ3v) is 3.51. The van der Waals surface area contributed by atoms with E-state index >= 15 is 0 Å². The first-order chi connectivity index (χ1) is 8.61. The van der Waals surface area contributed by atoms with Crippen LogP contribution in [0.3, 0.4) is 0 Å². The Labute approximate surface area is 130 Å². The van der Waals surface area contributed by atoms with Crippen molar-refractivity contribution in [3.8, 4) is 5.75 Å². The van der Waals surface area contributed by atoms with Crippen LogP contribution in [-0.2, 0) is 0 Å². The molecule has 0 bridgehead atoms. The van der Waals surface area contributed by atoms with Crippen LogP contribution >= 0.6 is 45.2 Å². The molecule has 0 amide bonds.